The zero-order valence-corrected chi connectivity index (χ0v) is 22.5. The molecule has 4 aromatic rings. The van der Waals surface area contributed by atoms with Crippen molar-refractivity contribution in [3.8, 4) is 0 Å². The number of sulfone groups is 1. The number of H-pyrrole nitrogens is 2. The topological polar surface area (TPSA) is 152 Å². The first-order valence-electron chi connectivity index (χ1n) is 10.4. The summed E-state index contributed by atoms with van der Waals surface area (Å²) in [6.45, 7) is 0. The number of hydrogen-bond acceptors (Lipinski definition) is 9. The van der Waals surface area contributed by atoms with Crippen LogP contribution in [0.25, 0.3) is 21.8 Å². The van der Waals surface area contributed by atoms with E-state index in [0.29, 0.717) is 10.9 Å². The smallest absolute Gasteiger partial charge is 0.354 e. The zero-order valence-electron chi connectivity index (χ0n) is 20.9. The molecule has 0 saturated carbocycles. The summed E-state index contributed by atoms with van der Waals surface area (Å²) in [5, 5.41) is 0.778. The van der Waals surface area contributed by atoms with E-state index in [4.69, 9.17) is 9.15 Å². The van der Waals surface area contributed by atoms with E-state index in [0.717, 1.165) is 17.2 Å². The lowest BCUT2D eigenvalue weighted by atomic mass is 10.2. The van der Waals surface area contributed by atoms with Gasteiger partial charge in [-0.1, -0.05) is 19.6 Å². The largest absolute Gasteiger partial charge is 0.464 e. The van der Waals surface area contributed by atoms with E-state index in [-0.39, 0.29) is 44.7 Å². The summed E-state index contributed by atoms with van der Waals surface area (Å²) < 4.78 is 48.4. The molecule has 40 heavy (non-hydrogen) atoms. The number of pyridine rings is 2. The first-order valence-corrected chi connectivity index (χ1v) is 13.5. The van der Waals surface area contributed by atoms with Gasteiger partial charge >= 0.3 is 11.9 Å². The molecule has 4 rings (SSSR count). The lowest BCUT2D eigenvalue weighted by Crippen LogP contribution is -2.13. The molecule has 218 valence electrons. The molecular formula is C25H27F3N2O8S2. The molecular weight excluding hydrogens is 577 g/mol. The number of methoxy groups -OCH3 is 2. The van der Waals surface area contributed by atoms with Gasteiger partial charge in [-0.3, -0.25) is 14.3 Å². The monoisotopic (exact) mass is 604 g/mol. The minimum absolute atomic E-state index is 0. The van der Waals surface area contributed by atoms with Crippen molar-refractivity contribution < 1.29 is 41.3 Å². The van der Waals surface area contributed by atoms with Gasteiger partial charge in [-0.15, -0.1) is 11.8 Å². The second-order valence-corrected chi connectivity index (χ2v) is 10.2. The Morgan fingerprint density at radius 2 is 1.25 bits per heavy atom. The van der Waals surface area contributed by atoms with E-state index in [1.165, 1.54) is 50.2 Å². The maximum Gasteiger partial charge on any atom is 0.354 e. The molecule has 0 aliphatic heterocycles. The lowest BCUT2D eigenvalue weighted by Gasteiger charge is -2.06. The van der Waals surface area contributed by atoms with Gasteiger partial charge in [0, 0.05) is 43.2 Å². The number of nitrogens with one attached hydrogen (secondary N) is 2. The van der Waals surface area contributed by atoms with Gasteiger partial charge in [-0.25, -0.2) is 18.0 Å². The molecule has 0 aliphatic rings. The number of benzene rings is 2. The van der Waals surface area contributed by atoms with E-state index in [1.54, 1.807) is 6.07 Å². The van der Waals surface area contributed by atoms with Crippen molar-refractivity contribution in [3.05, 3.63) is 80.4 Å². The second-order valence-electron chi connectivity index (χ2n) is 7.41. The number of fused-ring (bicyclic) bond motifs is 2. The van der Waals surface area contributed by atoms with Crippen molar-refractivity contribution in [2.24, 2.45) is 0 Å². The summed E-state index contributed by atoms with van der Waals surface area (Å²) in [5.74, 6) is -1.28. The standard InChI is InChI=1S/C12H11NO5S.C12H11NO3S.CH4.F2.FH/c1-18-12(15)8-6-9(14)7-4-3-5-10(11(7)13-8)19(2,16)17;1-16-12(15)8-6-9(14)7-4-3-5-10(17-2)11(7)13-8;;1-2;/h3-6H,1-2H3,(H,13,14);3-6H,1-2H3,(H,13,14);1H4;;1H. The fourth-order valence-electron chi connectivity index (χ4n) is 3.41. The Labute approximate surface area is 230 Å². The fraction of sp³-hybridized carbons (Fsp3) is 0.200. The number of hydrogen-bond donors (Lipinski definition) is 2. The SMILES string of the molecule is C.COC(=O)c1cc(=O)c2cccc(S(C)(=O)=O)c2[nH]1.COC(=O)c1cc(=O)c2cccc(SC)c2[nH]1.F.FF. The molecule has 15 heteroatoms. The first kappa shape index (κ1) is 35.9. The highest BCUT2D eigenvalue weighted by Crippen LogP contribution is 2.23. The quantitative estimate of drug-likeness (QED) is 0.255. The summed E-state index contributed by atoms with van der Waals surface area (Å²) in [5.41, 5.74) is 0.239. The Kier molecular flexibility index (Phi) is 13.9. The van der Waals surface area contributed by atoms with Gasteiger partial charge < -0.3 is 19.4 Å². The van der Waals surface area contributed by atoms with Crippen LogP contribution >= 0.6 is 11.8 Å². The predicted octanol–water partition coefficient (Wildman–Crippen LogP) is 4.38. The Morgan fingerprint density at radius 3 is 1.68 bits per heavy atom. The molecule has 0 amide bonds. The number of rotatable bonds is 4. The fourth-order valence-corrected chi connectivity index (χ4v) is 4.85. The number of ether oxygens (including phenoxy) is 2. The van der Waals surface area contributed by atoms with Crippen LogP contribution in [0.2, 0.25) is 0 Å². The van der Waals surface area contributed by atoms with Crippen molar-refractivity contribution in [2.75, 3.05) is 26.7 Å². The summed E-state index contributed by atoms with van der Waals surface area (Å²) in [6, 6.07) is 12.1. The number of para-hydroxylation sites is 2. The number of esters is 2. The van der Waals surface area contributed by atoms with Crippen LogP contribution in [-0.4, -0.2) is 57.1 Å². The van der Waals surface area contributed by atoms with Crippen molar-refractivity contribution >= 4 is 55.3 Å². The summed E-state index contributed by atoms with van der Waals surface area (Å²) in [4.78, 5) is 53.0. The average molecular weight is 605 g/mol. The van der Waals surface area contributed by atoms with Crippen molar-refractivity contribution in [1.82, 2.24) is 9.97 Å². The third-order valence-electron chi connectivity index (χ3n) is 5.08. The number of aromatic nitrogens is 2. The molecule has 0 unspecified atom stereocenters. The van der Waals surface area contributed by atoms with Gasteiger partial charge in [-0.2, -0.15) is 0 Å². The molecule has 2 heterocycles. The summed E-state index contributed by atoms with van der Waals surface area (Å²) in [6.07, 6.45) is 2.95. The maximum atomic E-state index is 11.9. The van der Waals surface area contributed by atoms with Gasteiger partial charge in [0.25, 0.3) is 0 Å². The molecule has 2 N–H and O–H groups in total. The zero-order chi connectivity index (χ0) is 28.6. The van der Waals surface area contributed by atoms with Gasteiger partial charge in [0.1, 0.15) is 11.4 Å². The molecule has 2 aromatic carbocycles. The van der Waals surface area contributed by atoms with E-state index in [9.17, 15) is 27.6 Å². The van der Waals surface area contributed by atoms with Crippen LogP contribution in [0.15, 0.2) is 67.9 Å². The van der Waals surface area contributed by atoms with E-state index in [1.807, 2.05) is 18.4 Å². The molecule has 0 aliphatic carbocycles. The number of carbonyl (C=O) groups excluding carboxylic acids is 2. The lowest BCUT2D eigenvalue weighted by molar-refractivity contribution is 0.0585. The Hall–Kier alpha value is -4.11. The van der Waals surface area contributed by atoms with E-state index in [2.05, 4.69) is 19.4 Å². The molecule has 0 atom stereocenters. The van der Waals surface area contributed by atoms with E-state index >= 15 is 0 Å². The first-order chi connectivity index (χ1) is 18.0. The van der Waals surface area contributed by atoms with Crippen molar-refractivity contribution in [1.29, 1.82) is 0 Å². The highest BCUT2D eigenvalue weighted by molar-refractivity contribution is 7.98. The summed E-state index contributed by atoms with van der Waals surface area (Å²) >= 11 is 1.51. The molecule has 10 nitrogen and oxygen atoms in total. The van der Waals surface area contributed by atoms with E-state index < -0.39 is 27.2 Å². The van der Waals surface area contributed by atoms with Crippen LogP contribution in [-0.2, 0) is 19.3 Å². The molecule has 0 spiro atoms. The normalized spacial score (nSPS) is 10.1. The van der Waals surface area contributed by atoms with Crippen LogP contribution < -0.4 is 10.9 Å². The highest BCUT2D eigenvalue weighted by Gasteiger charge is 2.16. The molecule has 2 aromatic heterocycles. The van der Waals surface area contributed by atoms with Crippen LogP contribution in [0, 0.1) is 0 Å². The minimum atomic E-state index is -3.52. The van der Waals surface area contributed by atoms with Crippen LogP contribution in [0.1, 0.15) is 28.4 Å². The Morgan fingerprint density at radius 1 is 0.825 bits per heavy atom. The van der Waals surface area contributed by atoms with Gasteiger partial charge in [-0.05, 0) is 30.5 Å². The van der Waals surface area contributed by atoms with Crippen molar-refractivity contribution in [3.63, 3.8) is 0 Å². The Bertz CT molecular complexity index is 1720. The number of halogens is 3. The predicted molar refractivity (Wildman–Crippen MR) is 148 cm³/mol. The van der Waals surface area contributed by atoms with Gasteiger partial charge in [0.15, 0.2) is 20.7 Å². The maximum absolute atomic E-state index is 11.9. The molecule has 0 fully saturated rings. The van der Waals surface area contributed by atoms with Crippen LogP contribution in [0.4, 0.5) is 13.9 Å². The number of thioether (sulfide) groups is 1. The highest BCUT2D eigenvalue weighted by atomic mass is 32.2. The third kappa shape index (κ3) is 7.95. The third-order valence-corrected chi connectivity index (χ3v) is 7.00. The number of aromatic amines is 2. The molecule has 0 radical (unpaired) electrons. The van der Waals surface area contributed by atoms with Crippen LogP contribution in [0.3, 0.4) is 0 Å². The van der Waals surface area contributed by atoms with Crippen molar-refractivity contribution in [2.45, 2.75) is 17.2 Å². The Balaban J connectivity index is 0.000000687. The number of carbonyl (C=O) groups is 2. The summed E-state index contributed by atoms with van der Waals surface area (Å²) in [7, 11) is -1.06. The van der Waals surface area contributed by atoms with Gasteiger partial charge in [0.05, 0.1) is 30.1 Å². The average Bonchev–Trinajstić information content (AvgIpc) is 2.92. The molecule has 0 bridgehead atoms. The van der Waals surface area contributed by atoms with Crippen LogP contribution in [0.5, 0.6) is 0 Å². The second kappa shape index (κ2) is 15.5. The van der Waals surface area contributed by atoms with Gasteiger partial charge in [0.2, 0.25) is 0 Å². The molecule has 0 saturated heterocycles. The minimum Gasteiger partial charge on any atom is -0.464 e.